The molecule has 2 aromatic heterocycles. The standard InChI is InChI=1S/C16H18N6O3/c1-3-25-16(24)19-14-8-18-21(20-14)9-15(23)22-10(2)6-11-7-12(17)4-5-13(11)22/h4-8H,3,9,17H2,1-2H3,(H,19,20,24). The van der Waals surface area contributed by atoms with Crippen LogP contribution in [-0.4, -0.2) is 38.2 Å². The minimum Gasteiger partial charge on any atom is -0.450 e. The molecule has 0 spiro atoms. The Labute approximate surface area is 143 Å². The van der Waals surface area contributed by atoms with E-state index in [1.807, 2.05) is 19.1 Å². The molecule has 0 aliphatic carbocycles. The molecular weight excluding hydrogens is 324 g/mol. The second kappa shape index (κ2) is 6.63. The molecule has 0 aliphatic rings. The van der Waals surface area contributed by atoms with Crippen LogP contribution in [0.25, 0.3) is 10.9 Å². The molecule has 0 radical (unpaired) electrons. The zero-order valence-corrected chi connectivity index (χ0v) is 13.9. The lowest BCUT2D eigenvalue weighted by molar-refractivity contribution is 0.0884. The van der Waals surface area contributed by atoms with Gasteiger partial charge in [-0.25, -0.2) is 4.79 Å². The number of nitrogens with zero attached hydrogens (tertiary/aromatic N) is 4. The highest BCUT2D eigenvalue weighted by Gasteiger charge is 2.15. The van der Waals surface area contributed by atoms with E-state index in [0.29, 0.717) is 5.69 Å². The summed E-state index contributed by atoms with van der Waals surface area (Å²) in [6.07, 6.45) is 0.733. The molecule has 0 saturated heterocycles. The number of rotatable bonds is 4. The SMILES string of the molecule is CCOC(=O)Nc1cnn(CC(=O)n2c(C)cc3cc(N)ccc32)n1. The Morgan fingerprint density at radius 3 is 2.88 bits per heavy atom. The predicted octanol–water partition coefficient (Wildman–Crippen LogP) is 2.03. The molecule has 9 nitrogen and oxygen atoms in total. The Kier molecular flexibility index (Phi) is 4.38. The number of fused-ring (bicyclic) bond motifs is 1. The number of aromatic nitrogens is 4. The van der Waals surface area contributed by atoms with Crippen molar-refractivity contribution in [1.82, 2.24) is 19.6 Å². The molecule has 0 bridgehead atoms. The number of hydrogen-bond acceptors (Lipinski definition) is 6. The highest BCUT2D eigenvalue weighted by Crippen LogP contribution is 2.22. The molecule has 0 aliphatic heterocycles. The summed E-state index contributed by atoms with van der Waals surface area (Å²) in [6.45, 7) is 3.73. The zero-order chi connectivity index (χ0) is 18.0. The number of amides is 1. The summed E-state index contributed by atoms with van der Waals surface area (Å²) < 4.78 is 6.35. The second-order valence-corrected chi connectivity index (χ2v) is 5.44. The van der Waals surface area contributed by atoms with E-state index in [1.54, 1.807) is 23.6 Å². The van der Waals surface area contributed by atoms with Crippen molar-refractivity contribution in [2.24, 2.45) is 0 Å². The topological polar surface area (TPSA) is 117 Å². The van der Waals surface area contributed by atoms with E-state index in [9.17, 15) is 9.59 Å². The minimum atomic E-state index is -0.620. The van der Waals surface area contributed by atoms with Gasteiger partial charge in [0.25, 0.3) is 5.91 Å². The molecule has 0 unspecified atom stereocenters. The first kappa shape index (κ1) is 16.5. The lowest BCUT2D eigenvalue weighted by Gasteiger charge is -2.06. The molecule has 0 fully saturated rings. The van der Waals surface area contributed by atoms with E-state index in [4.69, 9.17) is 10.5 Å². The summed E-state index contributed by atoms with van der Waals surface area (Å²) in [7, 11) is 0. The Balaban J connectivity index is 1.78. The molecule has 1 amide bonds. The number of benzene rings is 1. The largest absolute Gasteiger partial charge is 0.450 e. The monoisotopic (exact) mass is 342 g/mol. The summed E-state index contributed by atoms with van der Waals surface area (Å²) in [6, 6.07) is 7.27. The number of carbonyl (C=O) groups is 2. The fourth-order valence-corrected chi connectivity index (χ4v) is 2.60. The van der Waals surface area contributed by atoms with Crippen molar-refractivity contribution in [3.8, 4) is 0 Å². The summed E-state index contributed by atoms with van der Waals surface area (Å²) in [4.78, 5) is 25.2. The first-order valence-electron chi connectivity index (χ1n) is 7.72. The number of nitrogens with one attached hydrogen (secondary N) is 1. The van der Waals surface area contributed by atoms with E-state index >= 15 is 0 Å². The van der Waals surface area contributed by atoms with Crippen molar-refractivity contribution >= 4 is 34.4 Å². The molecule has 25 heavy (non-hydrogen) atoms. The van der Waals surface area contributed by atoms with Crippen LogP contribution in [0, 0.1) is 6.92 Å². The van der Waals surface area contributed by atoms with Crippen LogP contribution in [0.1, 0.15) is 17.4 Å². The van der Waals surface area contributed by atoms with Gasteiger partial charge in [-0.1, -0.05) is 0 Å². The average molecular weight is 342 g/mol. The van der Waals surface area contributed by atoms with Crippen molar-refractivity contribution < 1.29 is 14.3 Å². The number of hydrogen-bond donors (Lipinski definition) is 2. The normalized spacial score (nSPS) is 10.8. The minimum absolute atomic E-state index is 0.0699. The van der Waals surface area contributed by atoms with Crippen LogP contribution in [0.5, 0.6) is 0 Å². The average Bonchev–Trinajstić information content (AvgIpc) is 3.10. The van der Waals surface area contributed by atoms with Gasteiger partial charge in [0.05, 0.1) is 18.3 Å². The molecule has 3 N–H and O–H groups in total. The molecule has 3 aromatic rings. The van der Waals surface area contributed by atoms with Crippen LogP contribution in [-0.2, 0) is 11.3 Å². The quantitative estimate of drug-likeness (QED) is 0.701. The lowest BCUT2D eigenvalue weighted by Crippen LogP contribution is -2.20. The van der Waals surface area contributed by atoms with E-state index in [2.05, 4.69) is 15.5 Å². The van der Waals surface area contributed by atoms with Crippen LogP contribution in [0.3, 0.4) is 0 Å². The van der Waals surface area contributed by atoms with Gasteiger partial charge in [-0.3, -0.25) is 14.7 Å². The number of ether oxygens (including phenoxy) is 1. The molecule has 3 rings (SSSR count). The molecule has 1 aromatic carbocycles. The van der Waals surface area contributed by atoms with Gasteiger partial charge in [0, 0.05) is 16.8 Å². The molecule has 130 valence electrons. The lowest BCUT2D eigenvalue weighted by atomic mass is 10.2. The predicted molar refractivity (Wildman–Crippen MR) is 92.4 cm³/mol. The Bertz CT molecular complexity index is 943. The van der Waals surface area contributed by atoms with E-state index in [0.717, 1.165) is 16.6 Å². The smallest absolute Gasteiger partial charge is 0.412 e. The van der Waals surface area contributed by atoms with Gasteiger partial charge < -0.3 is 10.5 Å². The van der Waals surface area contributed by atoms with Gasteiger partial charge in [-0.05, 0) is 38.1 Å². The van der Waals surface area contributed by atoms with Crippen molar-refractivity contribution in [3.63, 3.8) is 0 Å². The molecular formula is C16H18N6O3. The Morgan fingerprint density at radius 2 is 2.12 bits per heavy atom. The highest BCUT2D eigenvalue weighted by atomic mass is 16.5. The van der Waals surface area contributed by atoms with Crippen LogP contribution < -0.4 is 11.1 Å². The maximum Gasteiger partial charge on any atom is 0.412 e. The molecule has 0 atom stereocenters. The van der Waals surface area contributed by atoms with Crippen molar-refractivity contribution in [1.29, 1.82) is 0 Å². The maximum absolute atomic E-state index is 12.6. The van der Waals surface area contributed by atoms with Crippen molar-refractivity contribution in [3.05, 3.63) is 36.2 Å². The zero-order valence-electron chi connectivity index (χ0n) is 13.9. The van der Waals surface area contributed by atoms with E-state index in [1.165, 1.54) is 11.0 Å². The van der Waals surface area contributed by atoms with Gasteiger partial charge in [-0.2, -0.15) is 9.90 Å². The summed E-state index contributed by atoms with van der Waals surface area (Å²) in [5.74, 6) is 0.0173. The first-order chi connectivity index (χ1) is 12.0. The van der Waals surface area contributed by atoms with E-state index < -0.39 is 6.09 Å². The summed E-state index contributed by atoms with van der Waals surface area (Å²) in [5, 5.41) is 11.4. The third kappa shape index (κ3) is 3.44. The number of nitrogens with two attached hydrogens (primary N) is 1. The number of nitrogen functional groups attached to an aromatic ring is 1. The molecule has 2 heterocycles. The third-order valence-electron chi connectivity index (χ3n) is 3.58. The fraction of sp³-hybridized carbons (Fsp3) is 0.250. The fourth-order valence-electron chi connectivity index (χ4n) is 2.60. The van der Waals surface area contributed by atoms with Crippen LogP contribution in [0.15, 0.2) is 30.5 Å². The summed E-state index contributed by atoms with van der Waals surface area (Å²) >= 11 is 0. The van der Waals surface area contributed by atoms with Gasteiger partial charge in [-0.15, -0.1) is 5.10 Å². The van der Waals surface area contributed by atoms with Gasteiger partial charge in [0.1, 0.15) is 6.54 Å². The Hall–Kier alpha value is -3.36. The van der Waals surface area contributed by atoms with Crippen LogP contribution in [0.4, 0.5) is 16.3 Å². The highest BCUT2D eigenvalue weighted by molar-refractivity contribution is 5.94. The number of carbonyl (C=O) groups excluding carboxylic acids is 2. The maximum atomic E-state index is 12.6. The Morgan fingerprint density at radius 1 is 1.32 bits per heavy atom. The number of aryl methyl sites for hydroxylation is 1. The van der Waals surface area contributed by atoms with Crippen molar-refractivity contribution in [2.45, 2.75) is 20.4 Å². The van der Waals surface area contributed by atoms with Crippen LogP contribution >= 0.6 is 0 Å². The molecule has 0 saturated carbocycles. The van der Waals surface area contributed by atoms with Gasteiger partial charge in [0.2, 0.25) is 0 Å². The third-order valence-corrected chi connectivity index (χ3v) is 3.58. The van der Waals surface area contributed by atoms with Gasteiger partial charge in [0.15, 0.2) is 5.82 Å². The molecule has 9 heteroatoms. The number of anilines is 2. The van der Waals surface area contributed by atoms with Crippen LogP contribution in [0.2, 0.25) is 0 Å². The van der Waals surface area contributed by atoms with E-state index in [-0.39, 0.29) is 24.9 Å². The first-order valence-corrected chi connectivity index (χ1v) is 7.72. The van der Waals surface area contributed by atoms with Crippen molar-refractivity contribution in [2.75, 3.05) is 17.7 Å². The van der Waals surface area contributed by atoms with Gasteiger partial charge >= 0.3 is 6.09 Å². The second-order valence-electron chi connectivity index (χ2n) is 5.44. The summed E-state index contributed by atoms with van der Waals surface area (Å²) in [5.41, 5.74) is 7.99.